The van der Waals surface area contributed by atoms with Crippen LogP contribution in [0.2, 0.25) is 0 Å². The molecular formula is C12H16N2O2. The lowest BCUT2D eigenvalue weighted by molar-refractivity contribution is 0.0671. The van der Waals surface area contributed by atoms with Gasteiger partial charge in [-0.2, -0.15) is 0 Å². The number of aromatic nitrogens is 1. The zero-order chi connectivity index (χ0) is 11.5. The van der Waals surface area contributed by atoms with E-state index in [-0.39, 0.29) is 18.6 Å². The van der Waals surface area contributed by atoms with Crippen molar-refractivity contribution < 1.29 is 9.90 Å². The summed E-state index contributed by atoms with van der Waals surface area (Å²) in [4.78, 5) is 18.0. The molecule has 1 saturated heterocycles. The molecule has 1 unspecified atom stereocenters. The van der Waals surface area contributed by atoms with Crippen LogP contribution in [-0.4, -0.2) is 40.1 Å². The van der Waals surface area contributed by atoms with Crippen molar-refractivity contribution in [2.45, 2.75) is 25.8 Å². The summed E-state index contributed by atoms with van der Waals surface area (Å²) in [6.45, 7) is 2.64. The van der Waals surface area contributed by atoms with Crippen molar-refractivity contribution >= 4 is 5.91 Å². The van der Waals surface area contributed by atoms with E-state index < -0.39 is 0 Å². The molecule has 0 radical (unpaired) electrons. The van der Waals surface area contributed by atoms with Crippen molar-refractivity contribution in [1.29, 1.82) is 0 Å². The average molecular weight is 220 g/mol. The highest BCUT2D eigenvalue weighted by Crippen LogP contribution is 2.19. The smallest absolute Gasteiger partial charge is 0.273 e. The molecule has 0 aromatic carbocycles. The molecule has 1 N–H and O–H groups in total. The van der Waals surface area contributed by atoms with Crippen LogP contribution in [0.4, 0.5) is 0 Å². The highest BCUT2D eigenvalue weighted by atomic mass is 16.3. The van der Waals surface area contributed by atoms with E-state index in [1.165, 1.54) is 0 Å². The number of amides is 1. The minimum absolute atomic E-state index is 0.0334. The van der Waals surface area contributed by atoms with Gasteiger partial charge in [-0.3, -0.25) is 9.78 Å². The first-order valence-electron chi connectivity index (χ1n) is 5.57. The molecule has 1 amide bonds. The molecule has 2 heterocycles. The summed E-state index contributed by atoms with van der Waals surface area (Å²) in [7, 11) is 0. The molecule has 4 heteroatoms. The molecule has 0 spiro atoms. The lowest BCUT2D eigenvalue weighted by Crippen LogP contribution is -2.38. The Hall–Kier alpha value is -1.42. The predicted octanol–water partition coefficient (Wildman–Crippen LogP) is 0.987. The van der Waals surface area contributed by atoms with Crippen molar-refractivity contribution in [2.24, 2.45) is 0 Å². The summed E-state index contributed by atoms with van der Waals surface area (Å²) in [5.41, 5.74) is 1.39. The first kappa shape index (κ1) is 11.1. The zero-order valence-electron chi connectivity index (χ0n) is 9.39. The van der Waals surface area contributed by atoms with Crippen LogP contribution in [0.5, 0.6) is 0 Å². The van der Waals surface area contributed by atoms with Gasteiger partial charge in [-0.25, -0.2) is 0 Å². The zero-order valence-corrected chi connectivity index (χ0v) is 9.39. The Morgan fingerprint density at radius 2 is 2.50 bits per heavy atom. The lowest BCUT2D eigenvalue weighted by atomic mass is 10.2. The van der Waals surface area contributed by atoms with Gasteiger partial charge < -0.3 is 10.0 Å². The van der Waals surface area contributed by atoms with Crippen molar-refractivity contribution in [3.8, 4) is 0 Å². The maximum absolute atomic E-state index is 12.2. The molecule has 1 aromatic rings. The van der Waals surface area contributed by atoms with Gasteiger partial charge in [-0.05, 0) is 31.4 Å². The second-order valence-corrected chi connectivity index (χ2v) is 4.15. The summed E-state index contributed by atoms with van der Waals surface area (Å²) in [5.74, 6) is -0.0605. The fourth-order valence-corrected chi connectivity index (χ4v) is 2.14. The highest BCUT2D eigenvalue weighted by molar-refractivity contribution is 5.94. The van der Waals surface area contributed by atoms with Crippen LogP contribution in [-0.2, 0) is 0 Å². The third-order valence-electron chi connectivity index (χ3n) is 3.06. The molecule has 2 rings (SSSR count). The van der Waals surface area contributed by atoms with Gasteiger partial charge in [0.05, 0.1) is 12.6 Å². The number of aliphatic hydroxyl groups is 1. The lowest BCUT2D eigenvalue weighted by Gasteiger charge is -2.23. The number of likely N-dealkylation sites (tertiary alicyclic amines) is 1. The largest absolute Gasteiger partial charge is 0.394 e. The van der Waals surface area contributed by atoms with E-state index in [1.54, 1.807) is 11.1 Å². The fraction of sp³-hybridized carbons (Fsp3) is 0.500. The first-order chi connectivity index (χ1) is 7.74. The molecule has 1 aromatic heterocycles. The van der Waals surface area contributed by atoms with E-state index in [0.717, 1.165) is 24.9 Å². The number of nitrogens with zero attached hydrogens (tertiary/aromatic N) is 2. The number of rotatable bonds is 2. The summed E-state index contributed by atoms with van der Waals surface area (Å²) >= 11 is 0. The van der Waals surface area contributed by atoms with Crippen molar-refractivity contribution in [3.63, 3.8) is 0 Å². The molecule has 0 saturated carbocycles. The monoisotopic (exact) mass is 220 g/mol. The standard InChI is InChI=1S/C12H16N2O2/c1-9-4-2-6-13-11(9)12(16)14-7-3-5-10(14)8-15/h2,4,6,10,15H,3,5,7-8H2,1H3. The Morgan fingerprint density at radius 1 is 1.69 bits per heavy atom. The Morgan fingerprint density at radius 3 is 3.19 bits per heavy atom. The average Bonchev–Trinajstić information content (AvgIpc) is 2.77. The molecule has 1 atom stereocenters. The van der Waals surface area contributed by atoms with E-state index >= 15 is 0 Å². The summed E-state index contributed by atoms with van der Waals surface area (Å²) in [6, 6.07) is 3.66. The number of aryl methyl sites for hydroxylation is 1. The highest BCUT2D eigenvalue weighted by Gasteiger charge is 2.29. The third kappa shape index (κ3) is 1.93. The van der Waals surface area contributed by atoms with Gasteiger partial charge >= 0.3 is 0 Å². The van der Waals surface area contributed by atoms with E-state index in [1.807, 2.05) is 19.1 Å². The molecule has 1 aliphatic rings. The predicted molar refractivity (Wildman–Crippen MR) is 60.1 cm³/mol. The Bertz CT molecular complexity index is 392. The van der Waals surface area contributed by atoms with Gasteiger partial charge in [0, 0.05) is 12.7 Å². The number of pyridine rings is 1. The van der Waals surface area contributed by atoms with Crippen molar-refractivity contribution in [3.05, 3.63) is 29.6 Å². The van der Waals surface area contributed by atoms with Crippen LogP contribution < -0.4 is 0 Å². The van der Waals surface area contributed by atoms with Crippen molar-refractivity contribution in [1.82, 2.24) is 9.88 Å². The quantitative estimate of drug-likeness (QED) is 0.808. The minimum atomic E-state index is -0.0605. The Kier molecular flexibility index (Phi) is 3.19. The van der Waals surface area contributed by atoms with E-state index in [0.29, 0.717) is 5.69 Å². The van der Waals surface area contributed by atoms with E-state index in [9.17, 15) is 9.90 Å². The number of carbonyl (C=O) groups excluding carboxylic acids is 1. The van der Waals surface area contributed by atoms with E-state index in [2.05, 4.69) is 4.98 Å². The summed E-state index contributed by atoms with van der Waals surface area (Å²) in [5, 5.41) is 9.19. The summed E-state index contributed by atoms with van der Waals surface area (Å²) < 4.78 is 0. The Balaban J connectivity index is 2.22. The van der Waals surface area contributed by atoms with Crippen molar-refractivity contribution in [2.75, 3.05) is 13.2 Å². The molecule has 0 aliphatic carbocycles. The number of hydrogen-bond acceptors (Lipinski definition) is 3. The topological polar surface area (TPSA) is 53.4 Å². The normalized spacial score (nSPS) is 20.1. The van der Waals surface area contributed by atoms with Gasteiger partial charge in [0.15, 0.2) is 0 Å². The molecule has 16 heavy (non-hydrogen) atoms. The Labute approximate surface area is 94.9 Å². The van der Waals surface area contributed by atoms with Gasteiger partial charge in [-0.1, -0.05) is 6.07 Å². The number of hydrogen-bond donors (Lipinski definition) is 1. The molecule has 1 aliphatic heterocycles. The number of carbonyl (C=O) groups is 1. The van der Waals surface area contributed by atoms with Crippen LogP contribution in [0.1, 0.15) is 28.9 Å². The SMILES string of the molecule is Cc1cccnc1C(=O)N1CCCC1CO. The van der Waals surface area contributed by atoms with Gasteiger partial charge in [0.1, 0.15) is 5.69 Å². The van der Waals surface area contributed by atoms with Gasteiger partial charge in [0.25, 0.3) is 5.91 Å². The van der Waals surface area contributed by atoms with Crippen LogP contribution in [0.25, 0.3) is 0 Å². The maximum Gasteiger partial charge on any atom is 0.273 e. The molecule has 1 fully saturated rings. The second-order valence-electron chi connectivity index (χ2n) is 4.15. The molecule has 86 valence electrons. The minimum Gasteiger partial charge on any atom is -0.394 e. The van der Waals surface area contributed by atoms with Crippen LogP contribution in [0.15, 0.2) is 18.3 Å². The van der Waals surface area contributed by atoms with Gasteiger partial charge in [-0.15, -0.1) is 0 Å². The second kappa shape index (κ2) is 4.61. The first-order valence-corrected chi connectivity index (χ1v) is 5.57. The fourth-order valence-electron chi connectivity index (χ4n) is 2.14. The van der Waals surface area contributed by atoms with Gasteiger partial charge in [0.2, 0.25) is 0 Å². The molecular weight excluding hydrogens is 204 g/mol. The maximum atomic E-state index is 12.2. The summed E-state index contributed by atoms with van der Waals surface area (Å²) in [6.07, 6.45) is 3.47. The van der Waals surface area contributed by atoms with E-state index in [4.69, 9.17) is 0 Å². The molecule has 0 bridgehead atoms. The van der Waals surface area contributed by atoms with Crippen LogP contribution in [0.3, 0.4) is 0 Å². The van der Waals surface area contributed by atoms with Crippen LogP contribution in [0, 0.1) is 6.92 Å². The van der Waals surface area contributed by atoms with Crippen LogP contribution >= 0.6 is 0 Å². The third-order valence-corrected chi connectivity index (χ3v) is 3.06. The molecule has 4 nitrogen and oxygen atoms in total. The number of aliphatic hydroxyl groups excluding tert-OH is 1.